The van der Waals surface area contributed by atoms with E-state index in [1.165, 1.54) is 6.92 Å². The third kappa shape index (κ3) is 6.80. The quantitative estimate of drug-likeness (QED) is 0.751. The van der Waals surface area contributed by atoms with E-state index < -0.39 is 23.7 Å². The zero-order valence-electron chi connectivity index (χ0n) is 9.86. The zero-order chi connectivity index (χ0) is 12.9. The first-order valence-electron chi connectivity index (χ1n) is 4.83. The molecule has 0 spiro atoms. The van der Waals surface area contributed by atoms with E-state index >= 15 is 0 Å². The number of hydrogen-bond donors (Lipinski definition) is 2. The molecule has 92 valence electrons. The number of ether oxygens (including phenoxy) is 1. The number of aliphatic carboxylic acids is 1. The van der Waals surface area contributed by atoms with Gasteiger partial charge in [-0.25, -0.2) is 9.59 Å². The Morgan fingerprint density at radius 1 is 1.31 bits per heavy atom. The van der Waals surface area contributed by atoms with E-state index in [4.69, 9.17) is 9.84 Å². The number of amides is 1. The lowest BCUT2D eigenvalue weighted by atomic mass is 10.1. The lowest BCUT2D eigenvalue weighted by molar-refractivity contribution is -0.141. The smallest absolute Gasteiger partial charge is 0.408 e. The predicted octanol–water partition coefficient (Wildman–Crippen LogP) is 0.943. The number of carbonyl (C=O) groups excluding carboxylic acids is 2. The van der Waals surface area contributed by atoms with Gasteiger partial charge in [-0.1, -0.05) is 0 Å². The molecule has 0 aliphatic heterocycles. The molecule has 6 heteroatoms. The van der Waals surface area contributed by atoms with Crippen LogP contribution in [0.2, 0.25) is 0 Å². The van der Waals surface area contributed by atoms with Gasteiger partial charge in [0.1, 0.15) is 17.4 Å². The van der Waals surface area contributed by atoms with Crippen molar-refractivity contribution in [3.05, 3.63) is 0 Å². The minimum atomic E-state index is -1.26. The molecule has 0 aromatic rings. The first-order valence-corrected chi connectivity index (χ1v) is 4.83. The van der Waals surface area contributed by atoms with Crippen LogP contribution < -0.4 is 5.32 Å². The lowest BCUT2D eigenvalue weighted by Crippen LogP contribution is -2.44. The Morgan fingerprint density at radius 2 is 1.81 bits per heavy atom. The van der Waals surface area contributed by atoms with Gasteiger partial charge in [-0.05, 0) is 27.7 Å². The summed E-state index contributed by atoms with van der Waals surface area (Å²) in [7, 11) is 0. The Hall–Kier alpha value is -1.59. The highest BCUT2D eigenvalue weighted by molar-refractivity contribution is 5.87. The molecule has 0 heterocycles. The number of carbonyl (C=O) groups is 3. The normalized spacial score (nSPS) is 12.8. The van der Waals surface area contributed by atoms with Gasteiger partial charge >= 0.3 is 12.1 Å². The molecule has 0 saturated heterocycles. The van der Waals surface area contributed by atoms with Crippen molar-refractivity contribution in [1.29, 1.82) is 0 Å². The number of ketones is 1. The van der Waals surface area contributed by atoms with E-state index in [9.17, 15) is 14.4 Å². The number of carboxylic acids is 1. The third-order valence-electron chi connectivity index (χ3n) is 1.48. The van der Waals surface area contributed by atoms with Gasteiger partial charge in [-0.2, -0.15) is 0 Å². The van der Waals surface area contributed by atoms with Gasteiger partial charge in [-0.3, -0.25) is 4.79 Å². The molecule has 6 nitrogen and oxygen atoms in total. The second kappa shape index (κ2) is 5.48. The minimum absolute atomic E-state index is 0.255. The van der Waals surface area contributed by atoms with Crippen molar-refractivity contribution in [2.45, 2.75) is 45.8 Å². The van der Waals surface area contributed by atoms with Crippen LogP contribution in [-0.4, -0.2) is 34.6 Å². The van der Waals surface area contributed by atoms with Gasteiger partial charge in [0.05, 0.1) is 0 Å². The van der Waals surface area contributed by atoms with E-state index in [0.29, 0.717) is 0 Å². The average molecular weight is 231 g/mol. The molecule has 1 amide bonds. The van der Waals surface area contributed by atoms with Crippen molar-refractivity contribution >= 4 is 17.8 Å². The van der Waals surface area contributed by atoms with Crippen LogP contribution in [0, 0.1) is 0 Å². The van der Waals surface area contributed by atoms with Crippen molar-refractivity contribution in [1.82, 2.24) is 5.32 Å². The van der Waals surface area contributed by atoms with Crippen molar-refractivity contribution in [2.24, 2.45) is 0 Å². The van der Waals surface area contributed by atoms with E-state index in [1.807, 2.05) is 0 Å². The molecule has 16 heavy (non-hydrogen) atoms. The van der Waals surface area contributed by atoms with Crippen molar-refractivity contribution in [3.8, 4) is 0 Å². The highest BCUT2D eigenvalue weighted by Gasteiger charge is 2.24. The Morgan fingerprint density at radius 3 is 2.12 bits per heavy atom. The molecule has 1 unspecified atom stereocenters. The number of alkyl carbamates (subject to hydrolysis) is 1. The van der Waals surface area contributed by atoms with Gasteiger partial charge in [0.2, 0.25) is 0 Å². The highest BCUT2D eigenvalue weighted by Crippen LogP contribution is 2.07. The van der Waals surface area contributed by atoms with Crippen LogP contribution in [0.15, 0.2) is 0 Å². The molecular formula is C10H17NO5. The van der Waals surface area contributed by atoms with Crippen LogP contribution in [0.3, 0.4) is 0 Å². The maximum Gasteiger partial charge on any atom is 0.408 e. The summed E-state index contributed by atoms with van der Waals surface area (Å²) in [5, 5.41) is 10.9. The Bertz CT molecular complexity index is 292. The fourth-order valence-electron chi connectivity index (χ4n) is 0.937. The summed E-state index contributed by atoms with van der Waals surface area (Å²) in [6, 6.07) is -1.24. The van der Waals surface area contributed by atoms with E-state index in [0.717, 1.165) is 0 Å². The largest absolute Gasteiger partial charge is 0.480 e. The standard InChI is InChI=1S/C10H17NO5/c1-6(12)5-7(8(13)14)11-9(15)16-10(2,3)4/h7H,5H2,1-4H3,(H,11,15)(H,13,14). The molecule has 0 rings (SSSR count). The van der Waals surface area contributed by atoms with Crippen molar-refractivity contribution < 1.29 is 24.2 Å². The van der Waals surface area contributed by atoms with Crippen molar-refractivity contribution in [2.75, 3.05) is 0 Å². The maximum atomic E-state index is 11.2. The molecule has 0 fully saturated rings. The lowest BCUT2D eigenvalue weighted by Gasteiger charge is -2.21. The third-order valence-corrected chi connectivity index (χ3v) is 1.48. The first-order chi connectivity index (χ1) is 7.11. The molecule has 2 N–H and O–H groups in total. The molecule has 0 aliphatic carbocycles. The summed E-state index contributed by atoms with van der Waals surface area (Å²) >= 11 is 0. The second-order valence-electron chi connectivity index (χ2n) is 4.44. The SMILES string of the molecule is CC(=O)CC(NC(=O)OC(C)(C)C)C(=O)O. The van der Waals surface area contributed by atoms with Crippen molar-refractivity contribution in [3.63, 3.8) is 0 Å². The monoisotopic (exact) mass is 231 g/mol. The van der Waals surface area contributed by atoms with E-state index in [1.54, 1.807) is 20.8 Å². The highest BCUT2D eigenvalue weighted by atomic mass is 16.6. The van der Waals surface area contributed by atoms with Crippen LogP contribution >= 0.6 is 0 Å². The van der Waals surface area contributed by atoms with Crippen LogP contribution in [-0.2, 0) is 14.3 Å². The Balaban J connectivity index is 4.35. The minimum Gasteiger partial charge on any atom is -0.480 e. The maximum absolute atomic E-state index is 11.2. The molecule has 1 atom stereocenters. The molecule has 0 aliphatic rings. The van der Waals surface area contributed by atoms with Crippen LogP contribution in [0.1, 0.15) is 34.1 Å². The number of Topliss-reactive ketones (excluding diaryl/α,β-unsaturated/α-hetero) is 1. The predicted molar refractivity (Wildman–Crippen MR) is 56.1 cm³/mol. The van der Waals surface area contributed by atoms with Crippen LogP contribution in [0.5, 0.6) is 0 Å². The van der Waals surface area contributed by atoms with E-state index in [2.05, 4.69) is 5.32 Å². The molecule has 0 bridgehead atoms. The van der Waals surface area contributed by atoms with Gasteiger partial charge in [0.15, 0.2) is 0 Å². The van der Waals surface area contributed by atoms with Crippen LogP contribution in [0.25, 0.3) is 0 Å². The van der Waals surface area contributed by atoms with Gasteiger partial charge in [0, 0.05) is 6.42 Å². The summed E-state index contributed by atoms with van der Waals surface area (Å²) in [6.45, 7) is 6.24. The van der Waals surface area contributed by atoms with Gasteiger partial charge in [0.25, 0.3) is 0 Å². The second-order valence-corrected chi connectivity index (χ2v) is 4.44. The Kier molecular flexibility index (Phi) is 4.94. The summed E-state index contributed by atoms with van der Waals surface area (Å²) in [5.74, 6) is -1.58. The number of rotatable bonds is 4. The number of nitrogens with one attached hydrogen (secondary N) is 1. The fourth-order valence-corrected chi connectivity index (χ4v) is 0.937. The molecule has 0 radical (unpaired) electrons. The Labute approximate surface area is 94.0 Å². The fraction of sp³-hybridized carbons (Fsp3) is 0.700. The first kappa shape index (κ1) is 14.4. The summed E-state index contributed by atoms with van der Waals surface area (Å²) < 4.78 is 4.88. The van der Waals surface area contributed by atoms with Gasteiger partial charge < -0.3 is 15.2 Å². The van der Waals surface area contributed by atoms with Crippen LogP contribution in [0.4, 0.5) is 4.79 Å². The van der Waals surface area contributed by atoms with Gasteiger partial charge in [-0.15, -0.1) is 0 Å². The topological polar surface area (TPSA) is 92.7 Å². The molecule has 0 aromatic carbocycles. The number of hydrogen-bond acceptors (Lipinski definition) is 4. The molecular weight excluding hydrogens is 214 g/mol. The average Bonchev–Trinajstić information content (AvgIpc) is 1.97. The summed E-state index contributed by atoms with van der Waals surface area (Å²) in [4.78, 5) is 32.7. The summed E-state index contributed by atoms with van der Waals surface area (Å²) in [6.07, 6.45) is -1.10. The number of carboxylic acid groups (broad SMARTS) is 1. The summed E-state index contributed by atoms with van der Waals surface area (Å²) in [5.41, 5.74) is -0.705. The molecule has 0 aromatic heterocycles. The van der Waals surface area contributed by atoms with E-state index in [-0.39, 0.29) is 12.2 Å². The molecule has 0 saturated carbocycles. The zero-order valence-corrected chi connectivity index (χ0v) is 9.86.